The highest BCUT2D eigenvalue weighted by molar-refractivity contribution is 5.73. The van der Waals surface area contributed by atoms with E-state index in [2.05, 4.69) is 17.2 Å². The lowest BCUT2D eigenvalue weighted by atomic mass is 10.2. The lowest BCUT2D eigenvalue weighted by Gasteiger charge is -2.09. The Labute approximate surface area is 61.5 Å². The van der Waals surface area contributed by atoms with E-state index in [0.29, 0.717) is 0 Å². The molecule has 0 aromatic rings. The van der Waals surface area contributed by atoms with Crippen molar-refractivity contribution < 1.29 is 4.79 Å². The number of carbonyl (C=O) groups is 1. The van der Waals surface area contributed by atoms with Gasteiger partial charge in [-0.25, -0.2) is 4.79 Å². The number of amides is 2. The van der Waals surface area contributed by atoms with Crippen molar-refractivity contribution in [1.29, 1.82) is 0 Å². The first-order valence-electron chi connectivity index (χ1n) is 3.29. The van der Waals surface area contributed by atoms with Crippen molar-refractivity contribution in [2.75, 3.05) is 7.05 Å². The zero-order valence-corrected chi connectivity index (χ0v) is 6.48. The Morgan fingerprint density at radius 1 is 1.80 bits per heavy atom. The zero-order chi connectivity index (χ0) is 7.98. The van der Waals surface area contributed by atoms with Crippen LogP contribution < -0.4 is 10.6 Å². The summed E-state index contributed by atoms with van der Waals surface area (Å²) >= 11 is 0. The smallest absolute Gasteiger partial charge is 0.314 e. The molecule has 0 radical (unpaired) electrons. The molecule has 0 aliphatic rings. The highest BCUT2D eigenvalue weighted by Gasteiger charge is 2.00. The Bertz CT molecular complexity index is 123. The third-order valence-electron chi connectivity index (χ3n) is 1.12. The van der Waals surface area contributed by atoms with Crippen LogP contribution in [0.1, 0.15) is 13.3 Å². The Balaban J connectivity index is 3.46. The van der Waals surface area contributed by atoms with E-state index in [-0.39, 0.29) is 12.1 Å². The monoisotopic (exact) mass is 142 g/mol. The lowest BCUT2D eigenvalue weighted by molar-refractivity contribution is 0.240. The Hall–Kier alpha value is -0.990. The molecule has 2 N–H and O–H groups in total. The molecule has 0 saturated carbocycles. The van der Waals surface area contributed by atoms with E-state index in [1.54, 1.807) is 13.1 Å². The molecule has 0 spiro atoms. The second-order valence-electron chi connectivity index (χ2n) is 2.15. The van der Waals surface area contributed by atoms with Crippen LogP contribution in [0.4, 0.5) is 4.79 Å². The molecule has 2 amide bonds. The number of nitrogens with one attached hydrogen (secondary N) is 2. The number of carbonyl (C=O) groups excluding carboxylic acids is 1. The highest BCUT2D eigenvalue weighted by atomic mass is 16.2. The van der Waals surface area contributed by atoms with Gasteiger partial charge >= 0.3 is 6.03 Å². The maximum absolute atomic E-state index is 10.6. The van der Waals surface area contributed by atoms with Gasteiger partial charge in [-0.15, -0.1) is 6.58 Å². The molecule has 0 heterocycles. The van der Waals surface area contributed by atoms with Gasteiger partial charge in [0.2, 0.25) is 0 Å². The molecular formula is C7H14N2O. The quantitative estimate of drug-likeness (QED) is 0.564. The third-order valence-corrected chi connectivity index (χ3v) is 1.12. The molecule has 0 saturated heterocycles. The minimum atomic E-state index is -0.144. The summed E-state index contributed by atoms with van der Waals surface area (Å²) in [6, 6.07) is 0.0202. The summed E-state index contributed by atoms with van der Waals surface area (Å²) in [5.74, 6) is 0. The fourth-order valence-corrected chi connectivity index (χ4v) is 0.605. The van der Waals surface area contributed by atoms with Crippen LogP contribution in [0.2, 0.25) is 0 Å². The largest absolute Gasteiger partial charge is 0.341 e. The first-order chi connectivity index (χ1) is 4.70. The van der Waals surface area contributed by atoms with Gasteiger partial charge in [-0.1, -0.05) is 6.08 Å². The van der Waals surface area contributed by atoms with E-state index < -0.39 is 0 Å². The molecule has 0 aliphatic carbocycles. The second-order valence-corrected chi connectivity index (χ2v) is 2.15. The number of urea groups is 1. The SMILES string of the molecule is C=CCC(C)NC(=O)NC. The van der Waals surface area contributed by atoms with E-state index in [1.165, 1.54) is 0 Å². The third kappa shape index (κ3) is 3.95. The first-order valence-corrected chi connectivity index (χ1v) is 3.29. The molecule has 10 heavy (non-hydrogen) atoms. The van der Waals surface area contributed by atoms with Gasteiger partial charge in [-0.2, -0.15) is 0 Å². The van der Waals surface area contributed by atoms with Crippen molar-refractivity contribution in [3.63, 3.8) is 0 Å². The average Bonchev–Trinajstić information content (AvgIpc) is 1.88. The van der Waals surface area contributed by atoms with Crippen molar-refractivity contribution in [2.45, 2.75) is 19.4 Å². The van der Waals surface area contributed by atoms with Crippen LogP contribution >= 0.6 is 0 Å². The predicted molar refractivity (Wildman–Crippen MR) is 41.9 cm³/mol. The van der Waals surface area contributed by atoms with Crippen LogP contribution in [0.15, 0.2) is 12.7 Å². The van der Waals surface area contributed by atoms with E-state index in [1.807, 2.05) is 6.92 Å². The van der Waals surface area contributed by atoms with E-state index in [4.69, 9.17) is 0 Å². The van der Waals surface area contributed by atoms with Gasteiger partial charge in [0.15, 0.2) is 0 Å². The summed E-state index contributed by atoms with van der Waals surface area (Å²) in [4.78, 5) is 10.6. The topological polar surface area (TPSA) is 41.1 Å². The van der Waals surface area contributed by atoms with E-state index in [9.17, 15) is 4.79 Å². The summed E-state index contributed by atoms with van der Waals surface area (Å²) in [6.07, 6.45) is 2.58. The van der Waals surface area contributed by atoms with Crippen LogP contribution in [0.5, 0.6) is 0 Å². The summed E-state index contributed by atoms with van der Waals surface area (Å²) in [5.41, 5.74) is 0. The van der Waals surface area contributed by atoms with Gasteiger partial charge in [0, 0.05) is 13.1 Å². The van der Waals surface area contributed by atoms with Crippen LogP contribution in [0.3, 0.4) is 0 Å². The van der Waals surface area contributed by atoms with Crippen molar-refractivity contribution >= 4 is 6.03 Å². The summed E-state index contributed by atoms with van der Waals surface area (Å²) in [5, 5.41) is 5.18. The van der Waals surface area contributed by atoms with E-state index >= 15 is 0 Å². The Morgan fingerprint density at radius 3 is 2.80 bits per heavy atom. The van der Waals surface area contributed by atoms with Gasteiger partial charge in [0.25, 0.3) is 0 Å². The van der Waals surface area contributed by atoms with Crippen molar-refractivity contribution in [1.82, 2.24) is 10.6 Å². The standard InChI is InChI=1S/C7H14N2O/c1-4-5-6(2)9-7(10)8-3/h4,6H,1,5H2,2-3H3,(H2,8,9,10). The highest BCUT2D eigenvalue weighted by Crippen LogP contribution is 1.88. The number of hydrogen-bond acceptors (Lipinski definition) is 1. The molecule has 58 valence electrons. The first kappa shape index (κ1) is 9.01. The fourth-order valence-electron chi connectivity index (χ4n) is 0.605. The molecule has 0 bridgehead atoms. The normalized spacial score (nSPS) is 11.8. The van der Waals surface area contributed by atoms with Gasteiger partial charge < -0.3 is 10.6 Å². The van der Waals surface area contributed by atoms with Crippen molar-refractivity contribution in [3.05, 3.63) is 12.7 Å². The minimum Gasteiger partial charge on any atom is -0.341 e. The molecule has 0 aromatic heterocycles. The van der Waals surface area contributed by atoms with Crippen LogP contribution in [0, 0.1) is 0 Å². The lowest BCUT2D eigenvalue weighted by Crippen LogP contribution is -2.38. The molecule has 0 fully saturated rings. The van der Waals surface area contributed by atoms with E-state index in [0.717, 1.165) is 6.42 Å². The van der Waals surface area contributed by atoms with Crippen LogP contribution in [0.25, 0.3) is 0 Å². The molecule has 0 rings (SSSR count). The predicted octanol–water partition coefficient (Wildman–Crippen LogP) is 0.880. The maximum atomic E-state index is 10.6. The maximum Gasteiger partial charge on any atom is 0.314 e. The van der Waals surface area contributed by atoms with Crippen LogP contribution in [-0.4, -0.2) is 19.1 Å². The number of hydrogen-bond donors (Lipinski definition) is 2. The van der Waals surface area contributed by atoms with Gasteiger partial charge in [0.1, 0.15) is 0 Å². The Kier molecular flexibility index (Phi) is 4.37. The fraction of sp³-hybridized carbons (Fsp3) is 0.571. The van der Waals surface area contributed by atoms with Crippen molar-refractivity contribution in [2.24, 2.45) is 0 Å². The summed E-state index contributed by atoms with van der Waals surface area (Å²) in [7, 11) is 1.59. The molecule has 0 aliphatic heterocycles. The number of rotatable bonds is 3. The second kappa shape index (κ2) is 4.85. The van der Waals surface area contributed by atoms with Crippen molar-refractivity contribution in [3.8, 4) is 0 Å². The molecule has 1 atom stereocenters. The van der Waals surface area contributed by atoms with Gasteiger partial charge in [-0.05, 0) is 13.3 Å². The Morgan fingerprint density at radius 2 is 2.40 bits per heavy atom. The van der Waals surface area contributed by atoms with Crippen LogP contribution in [-0.2, 0) is 0 Å². The molecular weight excluding hydrogens is 128 g/mol. The minimum absolute atomic E-state index is 0.144. The zero-order valence-electron chi connectivity index (χ0n) is 6.48. The summed E-state index contributed by atoms with van der Waals surface area (Å²) in [6.45, 7) is 5.49. The molecule has 0 aromatic carbocycles. The average molecular weight is 142 g/mol. The molecule has 3 nitrogen and oxygen atoms in total. The van der Waals surface area contributed by atoms with Gasteiger partial charge in [0.05, 0.1) is 0 Å². The molecule has 3 heteroatoms. The summed E-state index contributed by atoms with van der Waals surface area (Å²) < 4.78 is 0. The van der Waals surface area contributed by atoms with Gasteiger partial charge in [-0.3, -0.25) is 0 Å². The molecule has 1 unspecified atom stereocenters.